The molecule has 1 aromatic heterocycles. The van der Waals surface area contributed by atoms with Crippen molar-refractivity contribution in [2.45, 2.75) is 0 Å². The molecule has 1 aliphatic heterocycles. The number of hydrogen-bond acceptors (Lipinski definition) is 11. The summed E-state index contributed by atoms with van der Waals surface area (Å²) < 4.78 is 36.6. The topological polar surface area (TPSA) is 199 Å². The van der Waals surface area contributed by atoms with Crippen LogP contribution in [0, 0.1) is 11.2 Å². The molecule has 1 aliphatic rings. The summed E-state index contributed by atoms with van der Waals surface area (Å²) in [5.41, 5.74) is 7.87. The SMILES string of the molecule is C=CC(=O)Nc1cccc(-c2nc(Nc3cc(F)c(N4CCN(C)CC4)c(OCOP(=O)(O)O)c3)nc(N)c2C=N)c1. The van der Waals surface area contributed by atoms with Gasteiger partial charge >= 0.3 is 7.82 Å². The van der Waals surface area contributed by atoms with Gasteiger partial charge in [0.15, 0.2) is 18.4 Å². The summed E-state index contributed by atoms with van der Waals surface area (Å²) in [6, 6.07) is 9.33. The standard InChI is InChI=1S/C26H30FN8O6P/c1-3-22(36)30-17-6-4-5-16(11-17)23-19(14-28)25(29)33-26(32-23)31-18-12-20(27)24(35-9-7-34(2)8-10-35)21(13-18)40-15-41-42(37,38)39/h3-6,11-14,28H,1,7-10,15H2,2H3,(H,30,36)(H2,37,38,39)(H3,29,31,32,33). The Kier molecular flexibility index (Phi) is 9.50. The Morgan fingerprint density at radius 3 is 2.62 bits per heavy atom. The molecule has 0 saturated carbocycles. The molecule has 2 aromatic carbocycles. The molecule has 0 bridgehead atoms. The summed E-state index contributed by atoms with van der Waals surface area (Å²) in [7, 11) is -2.89. The van der Waals surface area contributed by atoms with Crippen molar-refractivity contribution < 1.29 is 32.8 Å². The van der Waals surface area contributed by atoms with Gasteiger partial charge in [0, 0.05) is 55.4 Å². The maximum Gasteiger partial charge on any atom is 0.472 e. The number of piperazine rings is 1. The number of nitrogens with one attached hydrogen (secondary N) is 3. The second-order valence-electron chi connectivity index (χ2n) is 9.22. The van der Waals surface area contributed by atoms with Crippen LogP contribution in [0.2, 0.25) is 0 Å². The van der Waals surface area contributed by atoms with E-state index in [0.717, 1.165) is 12.3 Å². The molecule has 4 rings (SSSR count). The molecule has 42 heavy (non-hydrogen) atoms. The summed E-state index contributed by atoms with van der Waals surface area (Å²) in [5.74, 6) is -1.15. The highest BCUT2D eigenvalue weighted by Gasteiger charge is 2.24. The van der Waals surface area contributed by atoms with Crippen molar-refractivity contribution in [1.29, 1.82) is 5.41 Å². The van der Waals surface area contributed by atoms with Crippen LogP contribution in [0.15, 0.2) is 49.1 Å². The molecule has 7 N–H and O–H groups in total. The van der Waals surface area contributed by atoms with E-state index in [4.69, 9.17) is 25.7 Å². The molecule has 0 spiro atoms. The number of anilines is 5. The monoisotopic (exact) mass is 600 g/mol. The highest BCUT2D eigenvalue weighted by molar-refractivity contribution is 7.46. The first-order chi connectivity index (χ1) is 20.0. The lowest BCUT2D eigenvalue weighted by molar-refractivity contribution is -0.111. The first kappa shape index (κ1) is 30.6. The fourth-order valence-corrected chi connectivity index (χ4v) is 4.41. The number of phosphoric ester groups is 1. The van der Waals surface area contributed by atoms with Gasteiger partial charge in [-0.05, 0) is 31.3 Å². The number of aromatic nitrogens is 2. The maximum atomic E-state index is 15.6. The van der Waals surface area contributed by atoms with E-state index in [1.165, 1.54) is 12.1 Å². The molecule has 0 aliphatic carbocycles. The Bertz CT molecular complexity index is 1540. The summed E-state index contributed by atoms with van der Waals surface area (Å²) >= 11 is 0. The fraction of sp³-hybridized carbons (Fsp3) is 0.231. The minimum atomic E-state index is -4.83. The van der Waals surface area contributed by atoms with E-state index in [1.807, 2.05) is 7.05 Å². The Morgan fingerprint density at radius 1 is 1.21 bits per heavy atom. The van der Waals surface area contributed by atoms with E-state index >= 15 is 4.39 Å². The minimum absolute atomic E-state index is 0.0227. The lowest BCUT2D eigenvalue weighted by Gasteiger charge is -2.35. The second-order valence-corrected chi connectivity index (χ2v) is 10.5. The van der Waals surface area contributed by atoms with Crippen LogP contribution in [0.5, 0.6) is 5.75 Å². The summed E-state index contributed by atoms with van der Waals surface area (Å²) in [6.45, 7) is 4.95. The van der Waals surface area contributed by atoms with Crippen LogP contribution in [0.25, 0.3) is 11.3 Å². The molecule has 1 amide bonds. The molecule has 222 valence electrons. The molecule has 1 fully saturated rings. The Labute approximate surface area is 240 Å². The Morgan fingerprint density at radius 2 is 1.95 bits per heavy atom. The number of benzene rings is 2. The highest BCUT2D eigenvalue weighted by atomic mass is 31.2. The van der Waals surface area contributed by atoms with E-state index in [9.17, 15) is 9.36 Å². The van der Waals surface area contributed by atoms with Crippen molar-refractivity contribution in [3.63, 3.8) is 0 Å². The third-order valence-electron chi connectivity index (χ3n) is 6.25. The predicted molar refractivity (Wildman–Crippen MR) is 157 cm³/mol. The average Bonchev–Trinajstić information content (AvgIpc) is 2.93. The lowest BCUT2D eigenvalue weighted by atomic mass is 10.1. The fourth-order valence-electron chi connectivity index (χ4n) is 4.22. The smallest absolute Gasteiger partial charge is 0.465 e. The summed E-state index contributed by atoms with van der Waals surface area (Å²) in [5, 5.41) is 13.4. The maximum absolute atomic E-state index is 15.6. The number of ether oxygens (including phenoxy) is 1. The number of nitrogens with zero attached hydrogens (tertiary/aromatic N) is 4. The van der Waals surface area contributed by atoms with Gasteiger partial charge in [0.2, 0.25) is 11.9 Å². The van der Waals surface area contributed by atoms with E-state index in [2.05, 4.69) is 36.6 Å². The van der Waals surface area contributed by atoms with Crippen molar-refractivity contribution >= 4 is 48.8 Å². The van der Waals surface area contributed by atoms with Crippen molar-refractivity contribution in [2.75, 3.05) is 61.3 Å². The number of phosphoric acid groups is 1. The molecule has 0 unspecified atom stereocenters. The molecule has 1 saturated heterocycles. The zero-order chi connectivity index (χ0) is 30.4. The average molecular weight is 601 g/mol. The van der Waals surface area contributed by atoms with Gasteiger partial charge < -0.3 is 46.1 Å². The summed E-state index contributed by atoms with van der Waals surface area (Å²) in [4.78, 5) is 42.4. The zero-order valence-corrected chi connectivity index (χ0v) is 23.5. The molecule has 3 aromatic rings. The molecule has 14 nitrogen and oxygen atoms in total. The number of amides is 1. The van der Waals surface area contributed by atoms with E-state index in [1.54, 1.807) is 29.2 Å². The van der Waals surface area contributed by atoms with Crippen LogP contribution in [0.3, 0.4) is 0 Å². The number of nitrogens with two attached hydrogens (primary N) is 1. The van der Waals surface area contributed by atoms with Gasteiger partial charge in [-0.15, -0.1) is 0 Å². The predicted octanol–water partition coefficient (Wildman–Crippen LogP) is 2.93. The largest absolute Gasteiger partial charge is 0.472 e. The van der Waals surface area contributed by atoms with Crippen molar-refractivity contribution in [3.8, 4) is 17.0 Å². The van der Waals surface area contributed by atoms with Crippen molar-refractivity contribution in [2.24, 2.45) is 0 Å². The van der Waals surface area contributed by atoms with Gasteiger partial charge in [-0.25, -0.2) is 18.5 Å². The molecule has 0 radical (unpaired) electrons. The quantitative estimate of drug-likeness (QED) is 0.0815. The third-order valence-corrected chi connectivity index (χ3v) is 6.69. The first-order valence-corrected chi connectivity index (χ1v) is 14.1. The summed E-state index contributed by atoms with van der Waals surface area (Å²) in [6.07, 6.45) is 2.13. The molecule has 16 heteroatoms. The Hall–Kier alpha value is -4.40. The number of hydrogen-bond donors (Lipinski definition) is 6. The lowest BCUT2D eigenvalue weighted by Crippen LogP contribution is -2.45. The Balaban J connectivity index is 1.69. The van der Waals surface area contributed by atoms with Gasteiger partial charge in [-0.1, -0.05) is 18.7 Å². The third kappa shape index (κ3) is 7.66. The van der Waals surface area contributed by atoms with Crippen LogP contribution < -0.4 is 26.0 Å². The number of nitrogen functional groups attached to an aromatic ring is 1. The molecular formula is C26H30FN8O6P. The van der Waals surface area contributed by atoms with Gasteiger partial charge in [0.1, 0.15) is 11.5 Å². The molecular weight excluding hydrogens is 570 g/mol. The van der Waals surface area contributed by atoms with E-state index in [-0.39, 0.29) is 40.1 Å². The van der Waals surface area contributed by atoms with Crippen molar-refractivity contribution in [3.05, 3.63) is 60.4 Å². The van der Waals surface area contributed by atoms with E-state index in [0.29, 0.717) is 37.4 Å². The first-order valence-electron chi connectivity index (χ1n) is 12.6. The number of likely N-dealkylation sites (N-methyl/N-ethyl adjacent to an activating group) is 1. The normalized spacial score (nSPS) is 13.9. The number of halogens is 1. The minimum Gasteiger partial charge on any atom is -0.465 e. The number of carbonyl (C=O) groups excluding carboxylic acids is 1. The van der Waals surface area contributed by atoms with Crippen LogP contribution >= 0.6 is 7.82 Å². The van der Waals surface area contributed by atoms with Gasteiger partial charge in [-0.3, -0.25) is 4.79 Å². The van der Waals surface area contributed by atoms with Crippen LogP contribution in [0.1, 0.15) is 5.56 Å². The molecule has 0 atom stereocenters. The zero-order valence-electron chi connectivity index (χ0n) is 22.6. The van der Waals surface area contributed by atoms with Gasteiger partial charge in [-0.2, -0.15) is 4.98 Å². The van der Waals surface area contributed by atoms with Gasteiger partial charge in [0.25, 0.3) is 0 Å². The number of carbonyl (C=O) groups is 1. The van der Waals surface area contributed by atoms with E-state index < -0.39 is 26.3 Å². The van der Waals surface area contributed by atoms with Crippen LogP contribution in [-0.2, 0) is 13.9 Å². The highest BCUT2D eigenvalue weighted by Crippen LogP contribution is 2.39. The van der Waals surface area contributed by atoms with Crippen molar-refractivity contribution in [1.82, 2.24) is 14.9 Å². The van der Waals surface area contributed by atoms with Crippen LogP contribution in [-0.4, -0.2) is 76.8 Å². The van der Waals surface area contributed by atoms with Gasteiger partial charge in [0.05, 0.1) is 11.3 Å². The number of rotatable bonds is 11. The second kappa shape index (κ2) is 13.1. The van der Waals surface area contributed by atoms with Crippen LogP contribution in [0.4, 0.5) is 33.2 Å². The molecule has 2 heterocycles.